The van der Waals surface area contributed by atoms with E-state index in [-0.39, 0.29) is 5.91 Å². The first-order chi connectivity index (χ1) is 17.0. The van der Waals surface area contributed by atoms with E-state index in [1.807, 2.05) is 48.5 Å². The van der Waals surface area contributed by atoms with Gasteiger partial charge < -0.3 is 24.8 Å². The molecule has 0 bridgehead atoms. The zero-order valence-corrected chi connectivity index (χ0v) is 20.5. The van der Waals surface area contributed by atoms with Gasteiger partial charge >= 0.3 is 0 Å². The van der Waals surface area contributed by atoms with E-state index in [1.165, 1.54) is 0 Å². The molecule has 6 nitrogen and oxygen atoms in total. The van der Waals surface area contributed by atoms with Gasteiger partial charge in [-0.25, -0.2) is 0 Å². The maximum atomic E-state index is 12.6. The van der Waals surface area contributed by atoms with Crippen LogP contribution in [0.1, 0.15) is 30.4 Å². The molecular weight excluding hydrogens is 464 g/mol. The Hall–Kier alpha value is -3.06. The number of amides is 1. The summed E-state index contributed by atoms with van der Waals surface area (Å²) in [5.41, 5.74) is 4.87. The SMILES string of the molecule is COc1ccc(CCC(=O)Nc2cccc(-c3ccc4c(c3)COC3(CCNCC3)O4)c2)cc1Cl. The molecule has 182 valence electrons. The third-order valence-corrected chi connectivity index (χ3v) is 6.84. The number of benzene rings is 3. The third kappa shape index (κ3) is 5.45. The molecule has 1 spiro atoms. The molecule has 0 aromatic heterocycles. The summed E-state index contributed by atoms with van der Waals surface area (Å²) in [4.78, 5) is 12.6. The molecule has 1 amide bonds. The van der Waals surface area contributed by atoms with Gasteiger partial charge in [0, 0.05) is 43.6 Å². The van der Waals surface area contributed by atoms with Crippen molar-refractivity contribution in [1.29, 1.82) is 0 Å². The number of fused-ring (bicyclic) bond motifs is 1. The van der Waals surface area contributed by atoms with Gasteiger partial charge in [-0.1, -0.05) is 35.9 Å². The van der Waals surface area contributed by atoms with E-state index < -0.39 is 5.79 Å². The Morgan fingerprint density at radius 1 is 1.09 bits per heavy atom. The highest BCUT2D eigenvalue weighted by Crippen LogP contribution is 2.38. The first-order valence-electron chi connectivity index (χ1n) is 11.9. The number of rotatable bonds is 6. The van der Waals surface area contributed by atoms with Crippen LogP contribution in [0.25, 0.3) is 11.1 Å². The topological polar surface area (TPSA) is 68.8 Å². The Bertz CT molecular complexity index is 1220. The number of carbonyl (C=O) groups is 1. The maximum absolute atomic E-state index is 12.6. The quantitative estimate of drug-likeness (QED) is 0.470. The number of halogens is 1. The maximum Gasteiger partial charge on any atom is 0.224 e. The molecule has 2 aliphatic heterocycles. The Morgan fingerprint density at radius 2 is 1.91 bits per heavy atom. The van der Waals surface area contributed by atoms with Gasteiger partial charge in [0.2, 0.25) is 11.7 Å². The fourth-order valence-corrected chi connectivity index (χ4v) is 4.87. The molecule has 35 heavy (non-hydrogen) atoms. The minimum atomic E-state index is -0.499. The number of methoxy groups -OCH3 is 1. The van der Waals surface area contributed by atoms with Crippen LogP contribution in [0.2, 0.25) is 5.02 Å². The number of carbonyl (C=O) groups excluding carboxylic acids is 1. The first-order valence-corrected chi connectivity index (χ1v) is 12.3. The fraction of sp³-hybridized carbons (Fsp3) is 0.321. The molecule has 3 aromatic rings. The van der Waals surface area contributed by atoms with Gasteiger partial charge in [-0.2, -0.15) is 0 Å². The van der Waals surface area contributed by atoms with Gasteiger partial charge in [0.15, 0.2) is 0 Å². The summed E-state index contributed by atoms with van der Waals surface area (Å²) in [6.07, 6.45) is 2.65. The number of hydrogen-bond donors (Lipinski definition) is 2. The molecule has 2 N–H and O–H groups in total. The van der Waals surface area contributed by atoms with Crippen LogP contribution in [0, 0.1) is 0 Å². The molecule has 0 aliphatic carbocycles. The molecule has 0 saturated carbocycles. The van der Waals surface area contributed by atoms with Crippen molar-refractivity contribution in [3.63, 3.8) is 0 Å². The smallest absolute Gasteiger partial charge is 0.224 e. The second kappa shape index (κ2) is 10.3. The summed E-state index contributed by atoms with van der Waals surface area (Å²) in [5, 5.41) is 6.91. The first kappa shape index (κ1) is 23.7. The average Bonchev–Trinajstić information content (AvgIpc) is 2.88. The van der Waals surface area contributed by atoms with E-state index >= 15 is 0 Å². The minimum Gasteiger partial charge on any atom is -0.495 e. The van der Waals surface area contributed by atoms with Crippen LogP contribution in [0.5, 0.6) is 11.5 Å². The summed E-state index contributed by atoms with van der Waals surface area (Å²) in [6.45, 7) is 2.34. The van der Waals surface area contributed by atoms with Crippen LogP contribution in [0.3, 0.4) is 0 Å². The van der Waals surface area contributed by atoms with Gasteiger partial charge in [-0.15, -0.1) is 0 Å². The number of anilines is 1. The molecule has 5 rings (SSSR count). The average molecular weight is 493 g/mol. The second-order valence-electron chi connectivity index (χ2n) is 8.97. The minimum absolute atomic E-state index is 0.0476. The van der Waals surface area contributed by atoms with Crippen molar-refractivity contribution in [2.45, 2.75) is 38.1 Å². The lowest BCUT2D eigenvalue weighted by Gasteiger charge is -2.41. The van der Waals surface area contributed by atoms with Crippen LogP contribution in [-0.4, -0.2) is 31.9 Å². The molecule has 1 saturated heterocycles. The number of hydrogen-bond acceptors (Lipinski definition) is 5. The van der Waals surface area contributed by atoms with Crippen molar-refractivity contribution in [2.75, 3.05) is 25.5 Å². The molecular formula is C28H29ClN2O4. The fourth-order valence-electron chi connectivity index (χ4n) is 4.59. The van der Waals surface area contributed by atoms with Gasteiger partial charge in [0.25, 0.3) is 0 Å². The molecule has 0 radical (unpaired) electrons. The van der Waals surface area contributed by atoms with E-state index in [9.17, 15) is 4.79 Å². The predicted molar refractivity (Wildman–Crippen MR) is 137 cm³/mol. The van der Waals surface area contributed by atoms with Crippen LogP contribution < -0.4 is 20.1 Å². The summed E-state index contributed by atoms with van der Waals surface area (Å²) >= 11 is 6.19. The Kier molecular flexibility index (Phi) is 6.95. The number of ether oxygens (including phenoxy) is 3. The van der Waals surface area contributed by atoms with Crippen LogP contribution in [-0.2, 0) is 22.6 Å². The van der Waals surface area contributed by atoms with Crippen molar-refractivity contribution in [3.8, 4) is 22.6 Å². The highest BCUT2D eigenvalue weighted by Gasteiger charge is 2.38. The molecule has 3 aromatic carbocycles. The highest BCUT2D eigenvalue weighted by molar-refractivity contribution is 6.32. The Labute approximate surface area is 210 Å². The van der Waals surface area contributed by atoms with Crippen molar-refractivity contribution in [3.05, 3.63) is 76.8 Å². The lowest BCUT2D eigenvalue weighted by Crippen LogP contribution is -2.49. The van der Waals surface area contributed by atoms with Crippen molar-refractivity contribution in [2.24, 2.45) is 0 Å². The van der Waals surface area contributed by atoms with E-state index in [2.05, 4.69) is 22.8 Å². The summed E-state index contributed by atoms with van der Waals surface area (Å²) in [5.74, 6) is 0.975. The van der Waals surface area contributed by atoms with Gasteiger partial charge in [0.05, 0.1) is 18.7 Å². The van der Waals surface area contributed by atoms with Gasteiger partial charge in [0.1, 0.15) is 11.5 Å². The lowest BCUT2D eigenvalue weighted by molar-refractivity contribution is -0.218. The zero-order valence-electron chi connectivity index (χ0n) is 19.7. The van der Waals surface area contributed by atoms with Crippen LogP contribution in [0.4, 0.5) is 5.69 Å². The zero-order chi connectivity index (χ0) is 24.3. The van der Waals surface area contributed by atoms with Crippen LogP contribution >= 0.6 is 11.6 Å². The second-order valence-corrected chi connectivity index (χ2v) is 9.38. The molecule has 2 heterocycles. The van der Waals surface area contributed by atoms with Gasteiger partial charge in [-0.3, -0.25) is 4.79 Å². The molecule has 0 unspecified atom stereocenters. The van der Waals surface area contributed by atoms with Gasteiger partial charge in [-0.05, 0) is 59.5 Å². The highest BCUT2D eigenvalue weighted by atomic mass is 35.5. The Morgan fingerprint density at radius 3 is 2.71 bits per heavy atom. The Balaban J connectivity index is 1.23. The van der Waals surface area contributed by atoms with E-state index in [0.717, 1.165) is 59.6 Å². The van der Waals surface area contributed by atoms with Crippen molar-refractivity contribution >= 4 is 23.2 Å². The monoisotopic (exact) mass is 492 g/mol. The van der Waals surface area contributed by atoms with E-state index in [4.69, 9.17) is 25.8 Å². The summed E-state index contributed by atoms with van der Waals surface area (Å²) in [6, 6.07) is 19.7. The molecule has 1 fully saturated rings. The van der Waals surface area contributed by atoms with Crippen LogP contribution in [0.15, 0.2) is 60.7 Å². The third-order valence-electron chi connectivity index (χ3n) is 6.55. The predicted octanol–water partition coefficient (Wildman–Crippen LogP) is 5.58. The number of aryl methyl sites for hydroxylation is 1. The normalized spacial score (nSPS) is 16.3. The molecule has 7 heteroatoms. The lowest BCUT2D eigenvalue weighted by atomic mass is 9.99. The van der Waals surface area contributed by atoms with E-state index in [0.29, 0.717) is 30.2 Å². The number of piperidine rings is 1. The van der Waals surface area contributed by atoms with Crippen molar-refractivity contribution in [1.82, 2.24) is 5.32 Å². The standard InChI is InChI=1S/C28H29ClN2O4/c1-33-26-8-5-19(15-24(26)29)6-10-27(32)31-23-4-2-3-20(17-23)21-7-9-25-22(16-21)18-34-28(35-25)11-13-30-14-12-28/h2-5,7-9,15-17,30H,6,10-14,18H2,1H3,(H,31,32). The molecule has 0 atom stereocenters. The largest absolute Gasteiger partial charge is 0.495 e. The summed E-state index contributed by atoms with van der Waals surface area (Å²) < 4.78 is 17.6. The van der Waals surface area contributed by atoms with E-state index in [1.54, 1.807) is 7.11 Å². The summed E-state index contributed by atoms with van der Waals surface area (Å²) in [7, 11) is 1.58. The van der Waals surface area contributed by atoms with Crippen molar-refractivity contribution < 1.29 is 19.0 Å². The number of nitrogens with one attached hydrogen (secondary N) is 2. The molecule has 2 aliphatic rings.